The number of sulfone groups is 1. The maximum absolute atomic E-state index is 13.3. The quantitative estimate of drug-likeness (QED) is 0.650. The monoisotopic (exact) mass is 411 g/mol. The first-order valence-corrected chi connectivity index (χ1v) is 10.9. The zero-order chi connectivity index (χ0) is 21.2. The van der Waals surface area contributed by atoms with Crippen LogP contribution in [0.5, 0.6) is 0 Å². The third-order valence-corrected chi connectivity index (χ3v) is 7.32. The van der Waals surface area contributed by atoms with Crippen LogP contribution in [-0.4, -0.2) is 20.9 Å². The van der Waals surface area contributed by atoms with Crippen LogP contribution in [0, 0.1) is 27.7 Å². The summed E-state index contributed by atoms with van der Waals surface area (Å²) in [6, 6.07) is 13.7. The van der Waals surface area contributed by atoms with Crippen LogP contribution in [0.3, 0.4) is 0 Å². The summed E-state index contributed by atoms with van der Waals surface area (Å²) < 4.78 is 32.1. The summed E-state index contributed by atoms with van der Waals surface area (Å²) in [4.78, 5) is 12.8. The van der Waals surface area contributed by atoms with E-state index in [1.165, 1.54) is 6.26 Å². The van der Waals surface area contributed by atoms with Crippen molar-refractivity contribution in [1.82, 2.24) is 5.32 Å². The summed E-state index contributed by atoms with van der Waals surface area (Å²) in [7, 11) is -3.76. The summed E-state index contributed by atoms with van der Waals surface area (Å²) in [5, 5.41) is 1.74. The highest BCUT2D eigenvalue weighted by Crippen LogP contribution is 2.30. The second kappa shape index (κ2) is 8.25. The molecule has 0 saturated carbocycles. The maximum atomic E-state index is 13.3. The van der Waals surface area contributed by atoms with Crippen molar-refractivity contribution in [3.05, 3.63) is 88.4 Å². The standard InChI is InChI=1S/C23H25NO4S/c1-15-7-9-19(12-17(15)3)23(25)24-14-22(21-6-5-11-28-21)29(26,27)20-10-8-16(2)18(4)13-20/h5-13,22H,14H2,1-4H3,(H,24,25)/t22-/m1/s1. The predicted octanol–water partition coefficient (Wildman–Crippen LogP) is 4.46. The van der Waals surface area contributed by atoms with Gasteiger partial charge in [0.25, 0.3) is 5.91 Å². The van der Waals surface area contributed by atoms with Gasteiger partial charge in [-0.1, -0.05) is 12.1 Å². The average Bonchev–Trinajstić information content (AvgIpc) is 3.20. The van der Waals surface area contributed by atoms with Gasteiger partial charge in [-0.15, -0.1) is 0 Å². The summed E-state index contributed by atoms with van der Waals surface area (Å²) in [6.07, 6.45) is 1.43. The minimum Gasteiger partial charge on any atom is -0.468 e. The largest absolute Gasteiger partial charge is 0.468 e. The van der Waals surface area contributed by atoms with Crippen LogP contribution in [0.1, 0.15) is 43.6 Å². The molecule has 152 valence electrons. The maximum Gasteiger partial charge on any atom is 0.251 e. The van der Waals surface area contributed by atoms with Gasteiger partial charge in [0.05, 0.1) is 11.2 Å². The van der Waals surface area contributed by atoms with Crippen molar-refractivity contribution < 1.29 is 17.6 Å². The molecule has 0 fully saturated rings. The highest BCUT2D eigenvalue weighted by atomic mass is 32.2. The Morgan fingerprint density at radius 2 is 1.59 bits per heavy atom. The van der Waals surface area contributed by atoms with Crippen molar-refractivity contribution in [2.45, 2.75) is 37.8 Å². The third kappa shape index (κ3) is 4.43. The van der Waals surface area contributed by atoms with E-state index in [0.29, 0.717) is 11.3 Å². The fraction of sp³-hybridized carbons (Fsp3) is 0.261. The Hall–Kier alpha value is -2.86. The van der Waals surface area contributed by atoms with E-state index in [-0.39, 0.29) is 17.3 Å². The Morgan fingerprint density at radius 1 is 0.931 bits per heavy atom. The van der Waals surface area contributed by atoms with E-state index in [2.05, 4.69) is 5.32 Å². The molecule has 1 heterocycles. The Bertz CT molecular complexity index is 1130. The first-order chi connectivity index (χ1) is 13.7. The number of carbonyl (C=O) groups excluding carboxylic acids is 1. The minimum absolute atomic E-state index is 0.0888. The van der Waals surface area contributed by atoms with Crippen molar-refractivity contribution >= 4 is 15.7 Å². The molecule has 0 aliphatic heterocycles. The van der Waals surface area contributed by atoms with Gasteiger partial charge < -0.3 is 9.73 Å². The smallest absolute Gasteiger partial charge is 0.251 e. The molecule has 1 aromatic heterocycles. The van der Waals surface area contributed by atoms with Crippen molar-refractivity contribution in [2.24, 2.45) is 0 Å². The molecule has 0 aliphatic rings. The van der Waals surface area contributed by atoms with Crippen LogP contribution in [0.25, 0.3) is 0 Å². The molecule has 0 spiro atoms. The van der Waals surface area contributed by atoms with Gasteiger partial charge >= 0.3 is 0 Å². The molecule has 2 aromatic carbocycles. The molecule has 3 rings (SSSR count). The first kappa shape index (κ1) is 20.9. The number of furan rings is 1. The lowest BCUT2D eigenvalue weighted by molar-refractivity contribution is 0.0953. The van der Waals surface area contributed by atoms with E-state index in [9.17, 15) is 13.2 Å². The lowest BCUT2D eigenvalue weighted by atomic mass is 10.1. The van der Waals surface area contributed by atoms with Crippen LogP contribution in [0.4, 0.5) is 0 Å². The second-order valence-corrected chi connectivity index (χ2v) is 9.43. The number of amides is 1. The van der Waals surface area contributed by atoms with Gasteiger partial charge in [-0.25, -0.2) is 8.42 Å². The van der Waals surface area contributed by atoms with Gasteiger partial charge in [-0.05, 0) is 86.3 Å². The normalized spacial score (nSPS) is 12.6. The van der Waals surface area contributed by atoms with Crippen molar-refractivity contribution in [3.8, 4) is 0 Å². The summed E-state index contributed by atoms with van der Waals surface area (Å²) >= 11 is 0. The number of rotatable bonds is 6. The van der Waals surface area contributed by atoms with E-state index in [1.54, 1.807) is 42.5 Å². The van der Waals surface area contributed by atoms with Gasteiger partial charge in [0, 0.05) is 12.1 Å². The second-order valence-electron chi connectivity index (χ2n) is 7.30. The summed E-state index contributed by atoms with van der Waals surface area (Å²) in [5.74, 6) is -0.0245. The molecular formula is C23H25NO4S. The van der Waals surface area contributed by atoms with Gasteiger partial charge in [-0.3, -0.25) is 4.79 Å². The molecule has 0 aliphatic carbocycles. The number of aryl methyl sites for hydroxylation is 4. The SMILES string of the molecule is Cc1ccc(C(=O)NC[C@H](c2ccco2)S(=O)(=O)c2ccc(C)c(C)c2)cc1C. The topological polar surface area (TPSA) is 76.4 Å². The third-order valence-electron chi connectivity index (χ3n) is 5.26. The van der Waals surface area contributed by atoms with E-state index in [1.807, 2.05) is 33.8 Å². The highest BCUT2D eigenvalue weighted by Gasteiger charge is 2.32. The highest BCUT2D eigenvalue weighted by molar-refractivity contribution is 7.91. The molecule has 1 amide bonds. The van der Waals surface area contributed by atoms with Gasteiger partial charge in [0.1, 0.15) is 11.0 Å². The van der Waals surface area contributed by atoms with Crippen LogP contribution < -0.4 is 5.32 Å². The van der Waals surface area contributed by atoms with Crippen molar-refractivity contribution in [3.63, 3.8) is 0 Å². The molecule has 0 saturated heterocycles. The van der Waals surface area contributed by atoms with Gasteiger partial charge in [0.15, 0.2) is 9.84 Å². The Balaban J connectivity index is 1.89. The first-order valence-electron chi connectivity index (χ1n) is 9.40. The molecule has 29 heavy (non-hydrogen) atoms. The number of carbonyl (C=O) groups is 1. The van der Waals surface area contributed by atoms with E-state index in [0.717, 1.165) is 22.3 Å². The van der Waals surface area contributed by atoms with Crippen LogP contribution in [0.2, 0.25) is 0 Å². The molecule has 0 unspecified atom stereocenters. The Labute approximate surface area is 171 Å². The number of hydrogen-bond donors (Lipinski definition) is 1. The molecule has 1 atom stereocenters. The fourth-order valence-electron chi connectivity index (χ4n) is 3.06. The van der Waals surface area contributed by atoms with Crippen LogP contribution in [0.15, 0.2) is 64.1 Å². The average molecular weight is 412 g/mol. The predicted molar refractivity (Wildman–Crippen MR) is 113 cm³/mol. The molecule has 6 heteroatoms. The minimum atomic E-state index is -3.76. The van der Waals surface area contributed by atoms with Gasteiger partial charge in [0.2, 0.25) is 0 Å². The Kier molecular flexibility index (Phi) is 5.94. The van der Waals surface area contributed by atoms with Crippen molar-refractivity contribution in [2.75, 3.05) is 6.54 Å². The fourth-order valence-corrected chi connectivity index (χ4v) is 4.73. The van der Waals surface area contributed by atoms with E-state index >= 15 is 0 Å². The van der Waals surface area contributed by atoms with E-state index < -0.39 is 15.1 Å². The summed E-state index contributed by atoms with van der Waals surface area (Å²) in [5.41, 5.74) is 4.50. The Morgan fingerprint density at radius 3 is 2.17 bits per heavy atom. The lowest BCUT2D eigenvalue weighted by Crippen LogP contribution is -2.32. The van der Waals surface area contributed by atoms with Crippen LogP contribution in [-0.2, 0) is 9.84 Å². The molecule has 5 nitrogen and oxygen atoms in total. The zero-order valence-electron chi connectivity index (χ0n) is 17.0. The molecule has 0 radical (unpaired) electrons. The summed E-state index contributed by atoms with van der Waals surface area (Å²) in [6.45, 7) is 7.62. The molecule has 1 N–H and O–H groups in total. The molecule has 3 aromatic rings. The molecular weight excluding hydrogens is 386 g/mol. The zero-order valence-corrected chi connectivity index (χ0v) is 17.8. The number of benzene rings is 2. The van der Waals surface area contributed by atoms with E-state index in [4.69, 9.17) is 4.42 Å². The lowest BCUT2D eigenvalue weighted by Gasteiger charge is -2.17. The van der Waals surface area contributed by atoms with Crippen molar-refractivity contribution in [1.29, 1.82) is 0 Å². The number of nitrogens with one attached hydrogen (secondary N) is 1. The van der Waals surface area contributed by atoms with Gasteiger partial charge in [-0.2, -0.15) is 0 Å². The molecule has 0 bridgehead atoms. The van der Waals surface area contributed by atoms with Crippen LogP contribution >= 0.6 is 0 Å². The number of hydrogen-bond acceptors (Lipinski definition) is 4.